The van der Waals surface area contributed by atoms with E-state index in [4.69, 9.17) is 10.00 Å². The van der Waals surface area contributed by atoms with Gasteiger partial charge in [0, 0.05) is 25.0 Å². The Morgan fingerprint density at radius 3 is 2.69 bits per heavy atom. The minimum Gasteiger partial charge on any atom is -0.462 e. The van der Waals surface area contributed by atoms with Crippen LogP contribution in [0, 0.1) is 17.2 Å². The number of sulfonamides is 1. The van der Waals surface area contributed by atoms with Crippen molar-refractivity contribution < 1.29 is 17.9 Å². The summed E-state index contributed by atoms with van der Waals surface area (Å²) in [4.78, 5) is 11.8. The number of ether oxygens (including phenoxy) is 1. The molecule has 1 aliphatic rings. The van der Waals surface area contributed by atoms with Gasteiger partial charge in [-0.25, -0.2) is 13.2 Å². The summed E-state index contributed by atoms with van der Waals surface area (Å²) in [7, 11) is -3.50. The lowest BCUT2D eigenvalue weighted by atomic mass is 10.0. The van der Waals surface area contributed by atoms with Crippen molar-refractivity contribution in [3.63, 3.8) is 0 Å². The summed E-state index contributed by atoms with van der Waals surface area (Å²) in [6.45, 7) is 4.97. The average Bonchev–Trinajstić information content (AvgIpc) is 2.63. The first-order valence-electron chi connectivity index (χ1n) is 8.52. The van der Waals surface area contributed by atoms with Gasteiger partial charge in [-0.2, -0.15) is 9.57 Å². The topological polar surface area (TPSA) is 99.5 Å². The van der Waals surface area contributed by atoms with Crippen LogP contribution in [0.4, 0.5) is 5.69 Å². The van der Waals surface area contributed by atoms with E-state index in [0.717, 1.165) is 12.8 Å². The van der Waals surface area contributed by atoms with Crippen molar-refractivity contribution in [1.29, 1.82) is 5.26 Å². The van der Waals surface area contributed by atoms with Crippen LogP contribution in [-0.2, 0) is 19.6 Å². The van der Waals surface area contributed by atoms with Gasteiger partial charge in [0.25, 0.3) is 0 Å². The third-order valence-corrected chi connectivity index (χ3v) is 5.99. The number of benzene rings is 1. The highest BCUT2D eigenvalue weighted by Crippen LogP contribution is 2.24. The molecule has 0 aromatic heterocycles. The Morgan fingerprint density at radius 1 is 1.42 bits per heavy atom. The second-order valence-electron chi connectivity index (χ2n) is 6.17. The molecule has 26 heavy (non-hydrogen) atoms. The second kappa shape index (κ2) is 8.83. The lowest BCUT2D eigenvalue weighted by molar-refractivity contribution is -0.138. The molecule has 140 valence electrons. The maximum absolute atomic E-state index is 12.7. The molecule has 1 saturated heterocycles. The molecular formula is C18H23N3O4S. The molecule has 1 aromatic carbocycles. The number of esters is 1. The lowest BCUT2D eigenvalue weighted by Crippen LogP contribution is -2.39. The van der Waals surface area contributed by atoms with Crippen LogP contribution in [0.15, 0.2) is 40.9 Å². The minimum atomic E-state index is -3.50. The van der Waals surface area contributed by atoms with Crippen molar-refractivity contribution in [2.75, 3.05) is 25.0 Å². The lowest BCUT2D eigenvalue weighted by Gasteiger charge is -2.30. The Bertz CT molecular complexity index is 810. The third kappa shape index (κ3) is 4.84. The molecule has 1 atom stereocenters. The quantitative estimate of drug-likeness (QED) is 0.464. The highest BCUT2D eigenvalue weighted by atomic mass is 32.2. The summed E-state index contributed by atoms with van der Waals surface area (Å²) in [5.74, 6) is -0.349. The molecule has 0 amide bonds. The Kier molecular flexibility index (Phi) is 6.77. The van der Waals surface area contributed by atoms with Crippen molar-refractivity contribution in [2.24, 2.45) is 5.92 Å². The number of nitrogens with zero attached hydrogens (tertiary/aromatic N) is 2. The molecular weight excluding hydrogens is 354 g/mol. The van der Waals surface area contributed by atoms with Crippen LogP contribution in [0.5, 0.6) is 0 Å². The van der Waals surface area contributed by atoms with Gasteiger partial charge < -0.3 is 10.1 Å². The summed E-state index contributed by atoms with van der Waals surface area (Å²) < 4.78 is 31.7. The van der Waals surface area contributed by atoms with E-state index < -0.39 is 16.0 Å². The van der Waals surface area contributed by atoms with Crippen LogP contribution in [0.25, 0.3) is 0 Å². The summed E-state index contributed by atoms with van der Waals surface area (Å²) in [5, 5.41) is 11.8. The fourth-order valence-electron chi connectivity index (χ4n) is 2.74. The van der Waals surface area contributed by atoms with Crippen LogP contribution in [0.2, 0.25) is 0 Å². The Hall–Kier alpha value is -2.37. The van der Waals surface area contributed by atoms with Crippen LogP contribution in [0.1, 0.15) is 26.7 Å². The summed E-state index contributed by atoms with van der Waals surface area (Å²) in [6, 6.07) is 7.98. The zero-order valence-electron chi connectivity index (χ0n) is 14.9. The van der Waals surface area contributed by atoms with Gasteiger partial charge in [-0.3, -0.25) is 0 Å². The van der Waals surface area contributed by atoms with Gasteiger partial charge in [0.15, 0.2) is 5.57 Å². The van der Waals surface area contributed by atoms with E-state index in [2.05, 4.69) is 12.2 Å². The summed E-state index contributed by atoms with van der Waals surface area (Å²) in [5.41, 5.74) is 0.402. The number of anilines is 1. The van der Waals surface area contributed by atoms with Gasteiger partial charge in [-0.15, -0.1) is 0 Å². The molecule has 1 aromatic rings. The van der Waals surface area contributed by atoms with Crippen molar-refractivity contribution >= 4 is 21.7 Å². The summed E-state index contributed by atoms with van der Waals surface area (Å²) in [6.07, 6.45) is 3.16. The predicted molar refractivity (Wildman–Crippen MR) is 97.6 cm³/mol. The smallest absolute Gasteiger partial charge is 0.350 e. The zero-order valence-corrected chi connectivity index (χ0v) is 15.8. The number of carbonyl (C=O) groups is 1. The summed E-state index contributed by atoms with van der Waals surface area (Å²) >= 11 is 0. The largest absolute Gasteiger partial charge is 0.462 e. The van der Waals surface area contributed by atoms with Crippen LogP contribution in [-0.4, -0.2) is 38.4 Å². The number of hydrogen-bond acceptors (Lipinski definition) is 6. The van der Waals surface area contributed by atoms with Crippen LogP contribution < -0.4 is 5.32 Å². The predicted octanol–water partition coefficient (Wildman–Crippen LogP) is 2.49. The van der Waals surface area contributed by atoms with Crippen molar-refractivity contribution in [3.8, 4) is 6.07 Å². The highest BCUT2D eigenvalue weighted by Gasteiger charge is 2.28. The normalized spacial score (nSPS) is 18.8. The first-order valence-corrected chi connectivity index (χ1v) is 9.96. The molecule has 0 saturated carbocycles. The van der Waals surface area contributed by atoms with E-state index in [1.807, 2.05) is 0 Å². The SMILES string of the molecule is CCOC(=O)/C(C#N)=C/Nc1ccc(S(=O)(=O)N2CCC[C@@H](C)C2)cc1. The number of nitrogens with one attached hydrogen (secondary N) is 1. The fraction of sp³-hybridized carbons (Fsp3) is 0.444. The fourth-order valence-corrected chi connectivity index (χ4v) is 4.34. The Labute approximate surface area is 154 Å². The van der Waals surface area contributed by atoms with E-state index in [1.54, 1.807) is 25.1 Å². The highest BCUT2D eigenvalue weighted by molar-refractivity contribution is 7.89. The van der Waals surface area contributed by atoms with E-state index in [0.29, 0.717) is 24.7 Å². The molecule has 7 nitrogen and oxygen atoms in total. The van der Waals surface area contributed by atoms with Gasteiger partial charge in [0.1, 0.15) is 6.07 Å². The first kappa shape index (κ1) is 19.9. The van der Waals surface area contributed by atoms with Crippen molar-refractivity contribution in [1.82, 2.24) is 4.31 Å². The first-order chi connectivity index (χ1) is 12.4. The van der Waals surface area contributed by atoms with Crippen LogP contribution >= 0.6 is 0 Å². The molecule has 1 fully saturated rings. The van der Waals surface area contributed by atoms with E-state index >= 15 is 0 Å². The van der Waals surface area contributed by atoms with Gasteiger partial charge in [-0.1, -0.05) is 6.92 Å². The number of carbonyl (C=O) groups excluding carboxylic acids is 1. The number of piperidine rings is 1. The van der Waals surface area contributed by atoms with Gasteiger partial charge >= 0.3 is 5.97 Å². The molecule has 0 radical (unpaired) electrons. The molecule has 2 rings (SSSR count). The van der Waals surface area contributed by atoms with Crippen molar-refractivity contribution in [2.45, 2.75) is 31.6 Å². The standard InChI is InChI=1S/C18H23N3O4S/c1-3-25-18(22)15(11-19)12-20-16-6-8-17(9-7-16)26(23,24)21-10-4-5-14(2)13-21/h6-9,12,14,20H,3-5,10,13H2,1-2H3/b15-12+/t14-/m1/s1. The third-order valence-electron chi connectivity index (χ3n) is 4.11. The van der Waals surface area contributed by atoms with Crippen LogP contribution in [0.3, 0.4) is 0 Å². The Morgan fingerprint density at radius 2 is 2.12 bits per heavy atom. The minimum absolute atomic E-state index is 0.161. The maximum Gasteiger partial charge on any atom is 0.350 e. The molecule has 0 bridgehead atoms. The number of rotatable bonds is 6. The molecule has 1 heterocycles. The molecule has 8 heteroatoms. The number of hydrogen-bond donors (Lipinski definition) is 1. The molecule has 1 N–H and O–H groups in total. The van der Waals surface area contributed by atoms with E-state index in [1.165, 1.54) is 22.6 Å². The van der Waals surface area contributed by atoms with E-state index in [-0.39, 0.29) is 17.1 Å². The molecule has 1 aliphatic heterocycles. The zero-order chi connectivity index (χ0) is 19.2. The van der Waals surface area contributed by atoms with Gasteiger partial charge in [-0.05, 0) is 49.9 Å². The van der Waals surface area contributed by atoms with Gasteiger partial charge in [0.05, 0.1) is 11.5 Å². The second-order valence-corrected chi connectivity index (χ2v) is 8.11. The molecule has 0 unspecified atom stereocenters. The van der Waals surface area contributed by atoms with Gasteiger partial charge in [0.2, 0.25) is 10.0 Å². The molecule has 0 aliphatic carbocycles. The van der Waals surface area contributed by atoms with E-state index in [9.17, 15) is 13.2 Å². The molecule has 0 spiro atoms. The monoisotopic (exact) mass is 377 g/mol. The number of nitriles is 1. The average molecular weight is 377 g/mol. The maximum atomic E-state index is 12.7. The van der Waals surface area contributed by atoms with Crippen molar-refractivity contribution in [3.05, 3.63) is 36.0 Å². The Balaban J connectivity index is 2.10.